The number of carbonyl (C=O) groups is 2. The van der Waals surface area contributed by atoms with Crippen LogP contribution in [0.15, 0.2) is 11.6 Å². The quantitative estimate of drug-likeness (QED) is 0.110. The molecule has 0 radical (unpaired) electrons. The molecular formula is C49H79NO18. The molecule has 1 amide bonds. The second-order valence-electron chi connectivity index (χ2n) is 23.9. The molecular weight excluding hydrogens is 891 g/mol. The summed E-state index contributed by atoms with van der Waals surface area (Å²) in [6.45, 7) is 17.1. The van der Waals surface area contributed by atoms with Gasteiger partial charge in [-0.2, -0.15) is 0 Å². The number of amides is 1. The molecule has 19 heteroatoms. The summed E-state index contributed by atoms with van der Waals surface area (Å²) in [6, 6.07) is -1.20. The van der Waals surface area contributed by atoms with Crippen LogP contribution in [0.5, 0.6) is 0 Å². The topological polar surface area (TPSA) is 304 Å². The van der Waals surface area contributed by atoms with Crippen molar-refractivity contribution in [3.63, 3.8) is 0 Å². The minimum atomic E-state index is -1.73. The summed E-state index contributed by atoms with van der Waals surface area (Å²) in [5, 5.41) is 114. The van der Waals surface area contributed by atoms with Crippen LogP contribution in [0.1, 0.15) is 114 Å². The zero-order valence-corrected chi connectivity index (χ0v) is 40.9. The van der Waals surface area contributed by atoms with Crippen LogP contribution in [0.4, 0.5) is 0 Å². The molecule has 7 fully saturated rings. The molecule has 11 N–H and O–H groups in total. The van der Waals surface area contributed by atoms with E-state index in [-0.39, 0.29) is 22.7 Å². The van der Waals surface area contributed by atoms with Gasteiger partial charge in [-0.25, -0.2) is 0 Å². The number of carboxylic acid groups (broad SMARTS) is 1. The number of ether oxygens (including phenoxy) is 6. The van der Waals surface area contributed by atoms with Gasteiger partial charge in [-0.1, -0.05) is 60.1 Å². The maximum absolute atomic E-state index is 13.2. The van der Waals surface area contributed by atoms with Crippen molar-refractivity contribution in [1.29, 1.82) is 0 Å². The van der Waals surface area contributed by atoms with Gasteiger partial charge < -0.3 is 84.8 Å². The Balaban J connectivity index is 1.02. The maximum atomic E-state index is 13.2. The molecule has 3 heterocycles. The van der Waals surface area contributed by atoms with Gasteiger partial charge in [0.15, 0.2) is 18.9 Å². The van der Waals surface area contributed by atoms with Gasteiger partial charge in [-0.05, 0) is 97.7 Å². The molecule has 0 spiro atoms. The second kappa shape index (κ2) is 18.2. The molecule has 8 rings (SSSR count). The monoisotopic (exact) mass is 970 g/mol. The lowest BCUT2D eigenvalue weighted by molar-refractivity contribution is -0.361. The van der Waals surface area contributed by atoms with E-state index in [1.807, 2.05) is 0 Å². The number of nitrogens with one attached hydrogen (secondary N) is 1. The van der Waals surface area contributed by atoms with Crippen molar-refractivity contribution in [2.45, 2.75) is 218 Å². The fraction of sp³-hybridized carbons (Fsp3) is 0.918. The molecule has 0 bridgehead atoms. The summed E-state index contributed by atoms with van der Waals surface area (Å²) in [7, 11) is 0. The number of fused-ring (bicyclic) bond motifs is 7. The Morgan fingerprint density at radius 3 is 2.10 bits per heavy atom. The van der Waals surface area contributed by atoms with Gasteiger partial charge in [0.25, 0.3) is 0 Å². The first-order chi connectivity index (χ1) is 31.6. The SMILES string of the molecule is CC(=O)N[C@H]1[C@H](O[C@H]2CC[C@@]3(C)C(CC[C@]4(C)C3CC=C3C5CC(C)(C)CC[C@]5(C(=O)O)C(O)C(O)[C@]34C)C2(C)C)O[C@H](COC2OC(C)C(O)C(O)C2O[C@@H]2OC[C@@H](O)[C@H](O)[C@H]2O)[C@@H](O)[C@@H]1O. The summed E-state index contributed by atoms with van der Waals surface area (Å²) < 4.78 is 36.4. The molecule has 8 aliphatic rings. The summed E-state index contributed by atoms with van der Waals surface area (Å²) in [6.07, 6.45) is -15.2. The van der Waals surface area contributed by atoms with Crippen LogP contribution >= 0.6 is 0 Å². The maximum Gasteiger partial charge on any atom is 0.313 e. The molecule has 3 saturated heterocycles. The Morgan fingerprint density at radius 1 is 0.750 bits per heavy atom. The third kappa shape index (κ3) is 8.04. The summed E-state index contributed by atoms with van der Waals surface area (Å²) in [4.78, 5) is 25.8. The predicted octanol–water partition coefficient (Wildman–Crippen LogP) is 0.458. The second-order valence-corrected chi connectivity index (χ2v) is 23.9. The van der Waals surface area contributed by atoms with Crippen molar-refractivity contribution in [3.8, 4) is 0 Å². The van der Waals surface area contributed by atoms with E-state index < -0.39 is 157 Å². The Hall–Kier alpha value is -1.92. The molecule has 24 atom stereocenters. The van der Waals surface area contributed by atoms with E-state index >= 15 is 0 Å². The molecule has 0 aromatic heterocycles. The highest BCUT2D eigenvalue weighted by molar-refractivity contribution is 5.78. The first-order valence-corrected chi connectivity index (χ1v) is 24.8. The van der Waals surface area contributed by atoms with Crippen LogP contribution in [-0.2, 0) is 38.0 Å². The highest BCUT2D eigenvalue weighted by Crippen LogP contribution is 2.76. The number of aliphatic hydroxyl groups excluding tert-OH is 9. The summed E-state index contributed by atoms with van der Waals surface area (Å²) in [5.41, 5.74) is -2.85. The zero-order chi connectivity index (χ0) is 50.0. The first kappa shape index (κ1) is 52.4. The minimum Gasteiger partial charge on any atom is -0.481 e. The fourth-order valence-corrected chi connectivity index (χ4v) is 15.3. The lowest BCUT2D eigenvalue weighted by atomic mass is 9.32. The molecule has 4 saturated carbocycles. The number of aliphatic hydroxyl groups is 9. The standard InChI is InChI=1S/C49H79NO18/c1-21-31(53)35(57)37(68-41-36(58)32(54)25(52)19-63-41)42(65-21)64-20-26-33(55)34(56)30(50-22(2)51)40(66-26)67-29-13-14-46(7)27(45(29,5)6)12-15-47(8)28(46)11-10-23-24-18-44(3,4)16-17-49(24,43(61)62)39(60)38(59)48(23,47)9/h10,21,24-42,52-60H,11-20H2,1-9H3,(H,50,51)(H,61,62)/t21?,24?,25-,26-,27?,28?,29+,30-,31?,32+,33-,34-,35?,36-,37?,38?,39?,40+,41+,42?,46+,47-,48+,49-/m1/s1. The van der Waals surface area contributed by atoms with Gasteiger partial charge in [0.05, 0.1) is 37.6 Å². The molecule has 0 aromatic rings. The molecule has 19 nitrogen and oxygen atoms in total. The zero-order valence-electron chi connectivity index (χ0n) is 40.9. The van der Waals surface area contributed by atoms with E-state index in [9.17, 15) is 60.7 Å². The van der Waals surface area contributed by atoms with Gasteiger partial charge >= 0.3 is 5.97 Å². The van der Waals surface area contributed by atoms with Gasteiger partial charge in [0, 0.05) is 12.3 Å². The van der Waals surface area contributed by atoms with E-state index in [0.717, 1.165) is 12.0 Å². The Bertz CT molecular complexity index is 1920. The highest BCUT2D eigenvalue weighted by atomic mass is 16.8. The summed E-state index contributed by atoms with van der Waals surface area (Å²) >= 11 is 0. The molecule has 3 aliphatic heterocycles. The van der Waals surface area contributed by atoms with Crippen LogP contribution in [0, 0.1) is 50.2 Å². The van der Waals surface area contributed by atoms with Gasteiger partial charge in [-0.3, -0.25) is 9.59 Å². The van der Waals surface area contributed by atoms with Crippen molar-refractivity contribution in [1.82, 2.24) is 5.32 Å². The highest BCUT2D eigenvalue weighted by Gasteiger charge is 2.74. The number of rotatable bonds is 9. The van der Waals surface area contributed by atoms with E-state index in [4.69, 9.17) is 28.4 Å². The van der Waals surface area contributed by atoms with Crippen LogP contribution < -0.4 is 5.32 Å². The Morgan fingerprint density at radius 2 is 1.44 bits per heavy atom. The van der Waals surface area contributed by atoms with Gasteiger partial charge in [-0.15, -0.1) is 0 Å². The average Bonchev–Trinajstić information content (AvgIpc) is 3.26. The Kier molecular flexibility index (Phi) is 14.0. The van der Waals surface area contributed by atoms with E-state index in [1.54, 1.807) is 0 Å². The van der Waals surface area contributed by atoms with E-state index in [0.29, 0.717) is 44.9 Å². The average molecular weight is 970 g/mol. The van der Waals surface area contributed by atoms with Crippen molar-refractivity contribution in [2.24, 2.45) is 50.2 Å². The molecule has 388 valence electrons. The summed E-state index contributed by atoms with van der Waals surface area (Å²) in [5.74, 6) is -1.85. The van der Waals surface area contributed by atoms with Crippen LogP contribution in [0.2, 0.25) is 0 Å². The number of allylic oxidation sites excluding steroid dienone is 1. The van der Waals surface area contributed by atoms with Gasteiger partial charge in [0.1, 0.15) is 66.4 Å². The van der Waals surface area contributed by atoms with E-state index in [2.05, 4.69) is 59.9 Å². The van der Waals surface area contributed by atoms with Crippen molar-refractivity contribution < 1.29 is 89.1 Å². The van der Waals surface area contributed by atoms with Crippen LogP contribution in [0.3, 0.4) is 0 Å². The Labute approximate surface area is 398 Å². The predicted molar refractivity (Wildman–Crippen MR) is 238 cm³/mol. The number of carbonyl (C=O) groups excluding carboxylic acids is 1. The molecule has 10 unspecified atom stereocenters. The number of aliphatic carboxylic acids is 1. The first-order valence-electron chi connectivity index (χ1n) is 24.8. The lowest BCUT2D eigenvalue weighted by Gasteiger charge is -2.72. The smallest absolute Gasteiger partial charge is 0.313 e. The molecule has 68 heavy (non-hydrogen) atoms. The minimum absolute atomic E-state index is 0.0526. The van der Waals surface area contributed by atoms with Crippen LogP contribution in [-0.4, -0.2) is 180 Å². The largest absolute Gasteiger partial charge is 0.481 e. The van der Waals surface area contributed by atoms with Crippen LogP contribution in [0.25, 0.3) is 0 Å². The van der Waals surface area contributed by atoms with Crippen molar-refractivity contribution in [2.75, 3.05) is 13.2 Å². The number of hydrogen-bond donors (Lipinski definition) is 11. The van der Waals surface area contributed by atoms with Gasteiger partial charge in [0.2, 0.25) is 5.91 Å². The lowest BCUT2D eigenvalue weighted by Crippen LogP contribution is -2.72. The number of carboxylic acids is 1. The molecule has 5 aliphatic carbocycles. The third-order valence-corrected chi connectivity index (χ3v) is 19.5. The number of hydrogen-bond acceptors (Lipinski definition) is 17. The fourth-order valence-electron chi connectivity index (χ4n) is 15.3. The third-order valence-electron chi connectivity index (χ3n) is 19.5. The van der Waals surface area contributed by atoms with E-state index in [1.165, 1.54) is 13.8 Å². The van der Waals surface area contributed by atoms with Crippen molar-refractivity contribution in [3.05, 3.63) is 11.6 Å². The molecule has 0 aromatic carbocycles. The normalized spacial score (nSPS) is 53.1. The van der Waals surface area contributed by atoms with Crippen molar-refractivity contribution >= 4 is 11.9 Å².